The van der Waals surface area contributed by atoms with Gasteiger partial charge in [-0.15, -0.1) is 0 Å². The molecule has 0 radical (unpaired) electrons. The van der Waals surface area contributed by atoms with Crippen LogP contribution in [0, 0.1) is 5.41 Å². The van der Waals surface area contributed by atoms with Gasteiger partial charge in [0.05, 0.1) is 6.04 Å². The summed E-state index contributed by atoms with van der Waals surface area (Å²) in [5.41, 5.74) is 1.51. The number of rotatable bonds is 4. The van der Waals surface area contributed by atoms with E-state index in [9.17, 15) is 4.79 Å². The lowest BCUT2D eigenvalue weighted by molar-refractivity contribution is -0.136. The number of hydrogen-bond acceptors (Lipinski definition) is 3. The first kappa shape index (κ1) is 17.3. The summed E-state index contributed by atoms with van der Waals surface area (Å²) in [6.07, 6.45) is 5.70. The molecule has 3 aliphatic rings. The zero-order chi connectivity index (χ0) is 17.4. The zero-order valence-corrected chi connectivity index (χ0v) is 15.8. The summed E-state index contributed by atoms with van der Waals surface area (Å²) in [5, 5.41) is 4.21. The van der Waals surface area contributed by atoms with Crippen molar-refractivity contribution in [3.05, 3.63) is 34.9 Å². The predicted molar refractivity (Wildman–Crippen MR) is 101 cm³/mol. The van der Waals surface area contributed by atoms with Gasteiger partial charge in [-0.25, -0.2) is 0 Å². The Morgan fingerprint density at radius 2 is 1.96 bits per heavy atom. The van der Waals surface area contributed by atoms with E-state index >= 15 is 0 Å². The van der Waals surface area contributed by atoms with Crippen molar-refractivity contribution in [2.45, 2.75) is 50.7 Å². The van der Waals surface area contributed by atoms with E-state index in [1.54, 1.807) is 0 Å². The van der Waals surface area contributed by atoms with Crippen LogP contribution in [0.4, 0.5) is 0 Å². The van der Waals surface area contributed by atoms with E-state index < -0.39 is 0 Å². The summed E-state index contributed by atoms with van der Waals surface area (Å²) >= 11 is 6.00. The zero-order valence-electron chi connectivity index (χ0n) is 15.0. The van der Waals surface area contributed by atoms with Crippen molar-refractivity contribution in [1.29, 1.82) is 0 Å². The summed E-state index contributed by atoms with van der Waals surface area (Å²) in [4.78, 5) is 17.8. The molecule has 5 heteroatoms. The molecule has 25 heavy (non-hydrogen) atoms. The molecule has 1 aromatic rings. The molecule has 2 aliphatic heterocycles. The Balaban J connectivity index is 1.48. The molecule has 1 aliphatic carbocycles. The molecule has 1 spiro atoms. The Morgan fingerprint density at radius 3 is 2.60 bits per heavy atom. The summed E-state index contributed by atoms with van der Waals surface area (Å²) < 4.78 is 0. The van der Waals surface area contributed by atoms with E-state index in [0.29, 0.717) is 23.9 Å². The normalized spacial score (nSPS) is 26.1. The van der Waals surface area contributed by atoms with Gasteiger partial charge < -0.3 is 10.2 Å². The first-order valence-electron chi connectivity index (χ1n) is 9.52. The molecule has 3 fully saturated rings. The van der Waals surface area contributed by atoms with Crippen molar-refractivity contribution < 1.29 is 4.79 Å². The van der Waals surface area contributed by atoms with E-state index in [1.165, 1.54) is 18.4 Å². The maximum absolute atomic E-state index is 13.4. The minimum absolute atomic E-state index is 0.0472. The Morgan fingerprint density at radius 1 is 1.28 bits per heavy atom. The third kappa shape index (κ3) is 3.71. The summed E-state index contributed by atoms with van der Waals surface area (Å²) in [6.45, 7) is 3.95. The van der Waals surface area contributed by atoms with E-state index in [2.05, 4.69) is 22.2 Å². The van der Waals surface area contributed by atoms with Crippen molar-refractivity contribution in [2.24, 2.45) is 5.41 Å². The van der Waals surface area contributed by atoms with Crippen LogP contribution in [0.1, 0.15) is 37.7 Å². The largest absolute Gasteiger partial charge is 0.334 e. The summed E-state index contributed by atoms with van der Waals surface area (Å²) in [7, 11) is 2.13. The van der Waals surface area contributed by atoms with Crippen molar-refractivity contribution in [2.75, 3.05) is 26.7 Å². The van der Waals surface area contributed by atoms with Gasteiger partial charge in [0.15, 0.2) is 0 Å². The third-order valence-corrected chi connectivity index (χ3v) is 6.48. The second-order valence-corrected chi connectivity index (χ2v) is 8.65. The van der Waals surface area contributed by atoms with Gasteiger partial charge in [-0.2, -0.15) is 0 Å². The number of amides is 1. The Hall–Kier alpha value is -1.10. The number of nitrogens with zero attached hydrogens (tertiary/aromatic N) is 2. The number of hydrogen-bond donors (Lipinski definition) is 1. The smallest absolute Gasteiger partial charge is 0.240 e. The molecular formula is C20H28ClN3O. The minimum Gasteiger partial charge on any atom is -0.334 e. The molecule has 136 valence electrons. The predicted octanol–water partition coefficient (Wildman–Crippen LogP) is 2.90. The maximum atomic E-state index is 13.4. The maximum Gasteiger partial charge on any atom is 0.240 e. The van der Waals surface area contributed by atoms with E-state index in [1.807, 2.05) is 24.3 Å². The summed E-state index contributed by atoms with van der Waals surface area (Å²) in [6, 6.07) is 8.39. The SMILES string of the molecule is CN1CC2(CCNCC2)C[C@@H]1C(=O)N(Cc1ccc(Cl)cc1)C1CC1. The number of benzene rings is 1. The number of carbonyl (C=O) groups excluding carboxylic acids is 1. The molecule has 0 aromatic heterocycles. The lowest BCUT2D eigenvalue weighted by atomic mass is 9.77. The average Bonchev–Trinajstić information content (AvgIpc) is 3.39. The second kappa shape index (κ2) is 6.90. The summed E-state index contributed by atoms with van der Waals surface area (Å²) in [5.74, 6) is 0.329. The van der Waals surface area contributed by atoms with Crippen LogP contribution in [0.15, 0.2) is 24.3 Å². The van der Waals surface area contributed by atoms with Crippen LogP contribution in [0.25, 0.3) is 0 Å². The van der Waals surface area contributed by atoms with Gasteiger partial charge in [0.1, 0.15) is 0 Å². The van der Waals surface area contributed by atoms with Crippen LogP contribution in [0.5, 0.6) is 0 Å². The van der Waals surface area contributed by atoms with Crippen LogP contribution in [0.2, 0.25) is 5.02 Å². The van der Waals surface area contributed by atoms with E-state index in [0.717, 1.165) is 43.9 Å². The number of nitrogens with one attached hydrogen (secondary N) is 1. The fourth-order valence-corrected chi connectivity index (χ4v) is 4.74. The average molecular weight is 362 g/mol. The molecule has 1 N–H and O–H groups in total. The van der Waals surface area contributed by atoms with Crippen molar-refractivity contribution >= 4 is 17.5 Å². The molecule has 4 rings (SSSR count). The van der Waals surface area contributed by atoms with E-state index in [4.69, 9.17) is 11.6 Å². The van der Waals surface area contributed by atoms with Gasteiger partial charge in [-0.1, -0.05) is 23.7 Å². The van der Waals surface area contributed by atoms with Crippen LogP contribution in [-0.4, -0.2) is 54.5 Å². The first-order chi connectivity index (χ1) is 12.1. The third-order valence-electron chi connectivity index (χ3n) is 6.23. The van der Waals surface area contributed by atoms with Crippen molar-refractivity contribution in [1.82, 2.24) is 15.1 Å². The minimum atomic E-state index is 0.0472. The highest BCUT2D eigenvalue weighted by atomic mass is 35.5. The monoisotopic (exact) mass is 361 g/mol. The Bertz CT molecular complexity index is 622. The van der Waals surface area contributed by atoms with Gasteiger partial charge in [-0.05, 0) is 75.4 Å². The van der Waals surface area contributed by atoms with Crippen molar-refractivity contribution in [3.8, 4) is 0 Å². The fraction of sp³-hybridized carbons (Fsp3) is 0.650. The highest BCUT2D eigenvalue weighted by Crippen LogP contribution is 2.42. The second-order valence-electron chi connectivity index (χ2n) is 8.21. The van der Waals surface area contributed by atoms with Gasteiger partial charge in [0.2, 0.25) is 5.91 Å². The fourth-order valence-electron chi connectivity index (χ4n) is 4.62. The van der Waals surface area contributed by atoms with Gasteiger partial charge >= 0.3 is 0 Å². The number of likely N-dealkylation sites (tertiary alicyclic amines) is 1. The quantitative estimate of drug-likeness (QED) is 0.895. The van der Waals surface area contributed by atoms with Crippen LogP contribution >= 0.6 is 11.6 Å². The molecule has 0 bridgehead atoms. The molecule has 1 aromatic carbocycles. The highest BCUT2D eigenvalue weighted by Gasteiger charge is 2.48. The lowest BCUT2D eigenvalue weighted by Crippen LogP contribution is -2.45. The highest BCUT2D eigenvalue weighted by molar-refractivity contribution is 6.30. The molecule has 4 nitrogen and oxygen atoms in total. The van der Waals surface area contributed by atoms with Gasteiger partial charge in [-0.3, -0.25) is 9.69 Å². The van der Waals surface area contributed by atoms with Gasteiger partial charge in [0, 0.05) is 24.2 Å². The van der Waals surface area contributed by atoms with Crippen LogP contribution in [0.3, 0.4) is 0 Å². The molecule has 1 atom stereocenters. The number of halogens is 1. The van der Waals surface area contributed by atoms with E-state index in [-0.39, 0.29) is 6.04 Å². The number of piperidine rings is 1. The Labute approximate surface area is 155 Å². The lowest BCUT2D eigenvalue weighted by Gasteiger charge is -2.33. The molecule has 2 heterocycles. The first-order valence-corrected chi connectivity index (χ1v) is 9.90. The molecule has 1 amide bonds. The number of likely N-dealkylation sites (N-methyl/N-ethyl adjacent to an activating group) is 1. The molecule has 0 unspecified atom stereocenters. The van der Waals surface area contributed by atoms with Crippen LogP contribution < -0.4 is 5.32 Å². The molecule has 1 saturated carbocycles. The topological polar surface area (TPSA) is 35.6 Å². The number of carbonyl (C=O) groups is 1. The standard InChI is InChI=1S/C20H28ClN3O/c1-23-14-20(8-10-22-11-9-20)12-18(23)19(25)24(17-6-7-17)13-15-2-4-16(21)5-3-15/h2-5,17-18,22H,6-14H2,1H3/t18-/m1/s1. The molecule has 2 saturated heterocycles. The van der Waals surface area contributed by atoms with Gasteiger partial charge in [0.25, 0.3) is 0 Å². The van der Waals surface area contributed by atoms with Crippen molar-refractivity contribution in [3.63, 3.8) is 0 Å². The Kier molecular flexibility index (Phi) is 4.78. The van der Waals surface area contributed by atoms with Crippen LogP contribution in [-0.2, 0) is 11.3 Å². The molecular weight excluding hydrogens is 334 g/mol.